The van der Waals surface area contributed by atoms with Gasteiger partial charge < -0.3 is 4.74 Å². The van der Waals surface area contributed by atoms with Gasteiger partial charge >= 0.3 is 0 Å². The van der Waals surface area contributed by atoms with Crippen LogP contribution in [0.2, 0.25) is 0 Å². The quantitative estimate of drug-likeness (QED) is 0.807. The predicted octanol–water partition coefficient (Wildman–Crippen LogP) is 4.14. The number of benzene rings is 2. The summed E-state index contributed by atoms with van der Waals surface area (Å²) >= 11 is 0. The van der Waals surface area contributed by atoms with Crippen molar-refractivity contribution in [2.75, 3.05) is 0 Å². The first-order valence-corrected chi connectivity index (χ1v) is 6.32. The Morgan fingerprint density at radius 3 is 2.47 bits per heavy atom. The van der Waals surface area contributed by atoms with Gasteiger partial charge in [0.05, 0.1) is 0 Å². The topological polar surface area (TPSA) is 26.3 Å². The van der Waals surface area contributed by atoms with E-state index in [9.17, 15) is 9.18 Å². The molecule has 0 atom stereocenters. The second-order valence-electron chi connectivity index (χ2n) is 4.65. The van der Waals surface area contributed by atoms with E-state index in [0.29, 0.717) is 17.9 Å². The van der Waals surface area contributed by atoms with Gasteiger partial charge in [-0.15, -0.1) is 0 Å². The number of carbonyl (C=O) groups excluding carboxylic acids is 1. The van der Waals surface area contributed by atoms with E-state index in [1.165, 1.54) is 12.1 Å². The van der Waals surface area contributed by atoms with Gasteiger partial charge in [-0.05, 0) is 60.9 Å². The van der Waals surface area contributed by atoms with Crippen LogP contribution in [0.15, 0.2) is 42.5 Å². The van der Waals surface area contributed by atoms with Crippen molar-refractivity contribution in [2.24, 2.45) is 0 Å². The molecular formula is C16H13FO2. The van der Waals surface area contributed by atoms with Gasteiger partial charge in [0.2, 0.25) is 0 Å². The van der Waals surface area contributed by atoms with E-state index in [1.54, 1.807) is 18.2 Å². The SMILES string of the molecule is O=C1CCCc2cc(Oc3ccc(F)cc3)ccc21. The summed E-state index contributed by atoms with van der Waals surface area (Å²) < 4.78 is 18.5. The lowest BCUT2D eigenvalue weighted by atomic mass is 9.90. The average Bonchev–Trinajstić information content (AvgIpc) is 2.42. The zero-order valence-corrected chi connectivity index (χ0v) is 10.4. The molecule has 3 heteroatoms. The van der Waals surface area contributed by atoms with Crippen LogP contribution in [0.25, 0.3) is 0 Å². The van der Waals surface area contributed by atoms with Crippen LogP contribution >= 0.6 is 0 Å². The van der Waals surface area contributed by atoms with Crippen LogP contribution in [0.3, 0.4) is 0 Å². The Balaban J connectivity index is 1.86. The van der Waals surface area contributed by atoms with Crippen LogP contribution in [0.4, 0.5) is 4.39 Å². The van der Waals surface area contributed by atoms with Gasteiger partial charge in [0.15, 0.2) is 5.78 Å². The molecule has 0 aliphatic heterocycles. The number of fused-ring (bicyclic) bond motifs is 1. The van der Waals surface area contributed by atoms with Crippen molar-refractivity contribution in [2.45, 2.75) is 19.3 Å². The van der Waals surface area contributed by atoms with Crippen LogP contribution in [0.1, 0.15) is 28.8 Å². The second-order valence-corrected chi connectivity index (χ2v) is 4.65. The van der Waals surface area contributed by atoms with Gasteiger partial charge in [0.25, 0.3) is 0 Å². The first kappa shape index (κ1) is 11.9. The molecule has 0 fully saturated rings. The summed E-state index contributed by atoms with van der Waals surface area (Å²) in [6.07, 6.45) is 2.43. The standard InChI is InChI=1S/C16H13FO2/c17-12-4-6-13(7-5-12)19-14-8-9-15-11(10-14)2-1-3-16(15)18/h4-10H,1-3H2. The number of aryl methyl sites for hydroxylation is 1. The molecule has 0 radical (unpaired) electrons. The fraction of sp³-hybridized carbons (Fsp3) is 0.188. The monoisotopic (exact) mass is 256 g/mol. The largest absolute Gasteiger partial charge is 0.457 e. The molecule has 0 unspecified atom stereocenters. The molecule has 1 aliphatic rings. The summed E-state index contributed by atoms with van der Waals surface area (Å²) in [6.45, 7) is 0. The molecule has 0 aromatic heterocycles. The molecule has 19 heavy (non-hydrogen) atoms. The molecule has 0 spiro atoms. The third-order valence-corrected chi connectivity index (χ3v) is 3.28. The Kier molecular flexibility index (Phi) is 3.03. The Bertz CT molecular complexity index is 617. The maximum atomic E-state index is 12.8. The molecule has 0 saturated heterocycles. The fourth-order valence-electron chi connectivity index (χ4n) is 2.33. The Morgan fingerprint density at radius 2 is 1.68 bits per heavy atom. The van der Waals surface area contributed by atoms with E-state index >= 15 is 0 Å². The number of ketones is 1. The first-order valence-electron chi connectivity index (χ1n) is 6.32. The first-order chi connectivity index (χ1) is 9.22. The molecular weight excluding hydrogens is 243 g/mol. The minimum absolute atomic E-state index is 0.203. The molecule has 0 heterocycles. The highest BCUT2D eigenvalue weighted by atomic mass is 19.1. The Hall–Kier alpha value is -2.16. The molecule has 3 rings (SSSR count). The number of ether oxygens (including phenoxy) is 1. The van der Waals surface area contributed by atoms with Gasteiger partial charge in [0, 0.05) is 12.0 Å². The van der Waals surface area contributed by atoms with Crippen molar-refractivity contribution in [3.05, 3.63) is 59.4 Å². The zero-order chi connectivity index (χ0) is 13.2. The maximum absolute atomic E-state index is 12.8. The molecule has 0 bridgehead atoms. The van der Waals surface area contributed by atoms with E-state index in [4.69, 9.17) is 4.74 Å². The molecule has 0 saturated carbocycles. The second kappa shape index (κ2) is 4.84. The fourth-order valence-corrected chi connectivity index (χ4v) is 2.33. The lowest BCUT2D eigenvalue weighted by molar-refractivity contribution is 0.0972. The highest BCUT2D eigenvalue weighted by molar-refractivity contribution is 5.98. The van der Waals surface area contributed by atoms with E-state index < -0.39 is 0 Å². The molecule has 2 aromatic carbocycles. The zero-order valence-electron chi connectivity index (χ0n) is 10.4. The van der Waals surface area contributed by atoms with Crippen LogP contribution < -0.4 is 4.74 Å². The van der Waals surface area contributed by atoms with Crippen molar-refractivity contribution in [1.29, 1.82) is 0 Å². The summed E-state index contributed by atoms with van der Waals surface area (Å²) in [6, 6.07) is 11.4. The number of hydrogen-bond acceptors (Lipinski definition) is 2. The van der Waals surface area contributed by atoms with Crippen molar-refractivity contribution < 1.29 is 13.9 Å². The third-order valence-electron chi connectivity index (χ3n) is 3.28. The number of carbonyl (C=O) groups is 1. The minimum atomic E-state index is -0.289. The third kappa shape index (κ3) is 2.50. The van der Waals surface area contributed by atoms with E-state index in [0.717, 1.165) is 24.0 Å². The molecule has 1 aliphatic carbocycles. The Labute approximate surface area is 110 Å². The molecule has 0 amide bonds. The average molecular weight is 256 g/mol. The van der Waals surface area contributed by atoms with Gasteiger partial charge in [-0.2, -0.15) is 0 Å². The maximum Gasteiger partial charge on any atom is 0.163 e. The van der Waals surface area contributed by atoms with Crippen LogP contribution in [0, 0.1) is 5.82 Å². The van der Waals surface area contributed by atoms with Crippen molar-refractivity contribution >= 4 is 5.78 Å². The minimum Gasteiger partial charge on any atom is -0.457 e. The highest BCUT2D eigenvalue weighted by Crippen LogP contribution is 2.28. The number of Topliss-reactive ketones (excluding diaryl/α,β-unsaturated/α-hetero) is 1. The summed E-state index contributed by atoms with van der Waals surface area (Å²) in [5.41, 5.74) is 1.84. The molecule has 2 nitrogen and oxygen atoms in total. The van der Waals surface area contributed by atoms with Gasteiger partial charge in [-0.1, -0.05) is 0 Å². The van der Waals surface area contributed by atoms with Gasteiger partial charge in [-0.3, -0.25) is 4.79 Å². The van der Waals surface area contributed by atoms with Crippen molar-refractivity contribution in [3.8, 4) is 11.5 Å². The van der Waals surface area contributed by atoms with Crippen molar-refractivity contribution in [3.63, 3.8) is 0 Å². The summed E-state index contributed by atoms with van der Waals surface area (Å²) in [5, 5.41) is 0. The molecule has 0 N–H and O–H groups in total. The van der Waals surface area contributed by atoms with Gasteiger partial charge in [0.1, 0.15) is 17.3 Å². The van der Waals surface area contributed by atoms with Gasteiger partial charge in [-0.25, -0.2) is 4.39 Å². The molecule has 96 valence electrons. The summed E-state index contributed by atoms with van der Waals surface area (Å²) in [7, 11) is 0. The summed E-state index contributed by atoms with van der Waals surface area (Å²) in [5.74, 6) is 1.18. The number of hydrogen-bond donors (Lipinski definition) is 0. The lowest BCUT2D eigenvalue weighted by Crippen LogP contribution is -2.10. The predicted molar refractivity (Wildman–Crippen MR) is 70.2 cm³/mol. The highest BCUT2D eigenvalue weighted by Gasteiger charge is 2.17. The van der Waals surface area contributed by atoms with Crippen LogP contribution in [0.5, 0.6) is 11.5 Å². The number of rotatable bonds is 2. The molecule has 2 aromatic rings. The smallest absolute Gasteiger partial charge is 0.163 e. The van der Waals surface area contributed by atoms with E-state index in [-0.39, 0.29) is 11.6 Å². The van der Waals surface area contributed by atoms with Crippen LogP contribution in [-0.4, -0.2) is 5.78 Å². The van der Waals surface area contributed by atoms with E-state index in [1.807, 2.05) is 12.1 Å². The Morgan fingerprint density at radius 1 is 0.947 bits per heavy atom. The normalized spacial score (nSPS) is 14.1. The summed E-state index contributed by atoms with van der Waals surface area (Å²) in [4.78, 5) is 11.7. The number of halogens is 1. The van der Waals surface area contributed by atoms with E-state index in [2.05, 4.69) is 0 Å². The van der Waals surface area contributed by atoms with Crippen LogP contribution in [-0.2, 0) is 6.42 Å². The van der Waals surface area contributed by atoms with Crippen molar-refractivity contribution in [1.82, 2.24) is 0 Å². The lowest BCUT2D eigenvalue weighted by Gasteiger charge is -2.15.